The molecule has 0 saturated carbocycles. The van der Waals surface area contributed by atoms with Gasteiger partial charge in [0.2, 0.25) is 0 Å². The third-order valence-corrected chi connectivity index (χ3v) is 2.89. The van der Waals surface area contributed by atoms with Gasteiger partial charge in [-0.05, 0) is 26.7 Å². The molecule has 0 radical (unpaired) electrons. The topological polar surface area (TPSA) is 18.8 Å². The number of hydrazone groups is 1. The summed E-state index contributed by atoms with van der Waals surface area (Å²) in [6.07, 6.45) is 5.91. The van der Waals surface area contributed by atoms with Crippen molar-refractivity contribution in [2.24, 2.45) is 5.10 Å². The molecule has 0 saturated heterocycles. The van der Waals surface area contributed by atoms with Crippen LogP contribution < -0.4 is 0 Å². The lowest BCUT2D eigenvalue weighted by atomic mass is 10.2. The second-order valence-corrected chi connectivity index (χ2v) is 4.49. The van der Waals surface area contributed by atoms with Gasteiger partial charge in [-0.2, -0.15) is 5.10 Å². The summed E-state index contributed by atoms with van der Waals surface area (Å²) in [4.78, 5) is 0. The molecule has 1 atom stereocenters. The van der Waals surface area contributed by atoms with Gasteiger partial charge in [0.15, 0.2) is 0 Å². The normalized spacial score (nSPS) is 22.1. The number of hydrogen-bond acceptors (Lipinski definition) is 3. The van der Waals surface area contributed by atoms with E-state index in [1.165, 1.54) is 19.3 Å². The number of halogens is 1. The van der Waals surface area contributed by atoms with Crippen LogP contribution in [0.25, 0.3) is 0 Å². The predicted molar refractivity (Wildman–Crippen MR) is 59.5 cm³/mol. The van der Waals surface area contributed by atoms with E-state index >= 15 is 0 Å². The summed E-state index contributed by atoms with van der Waals surface area (Å²) in [7, 11) is 0. The summed E-state index contributed by atoms with van der Waals surface area (Å²) in [5.41, 5.74) is 0. The van der Waals surface area contributed by atoms with Gasteiger partial charge in [-0.1, -0.05) is 13.3 Å². The van der Waals surface area contributed by atoms with Gasteiger partial charge in [-0.25, -0.2) is 0 Å². The van der Waals surface area contributed by atoms with Gasteiger partial charge in [-0.3, -0.25) is 8.93 Å². The highest BCUT2D eigenvalue weighted by molar-refractivity contribution is 9.07. The quantitative estimate of drug-likeness (QED) is 0.712. The molecule has 1 heterocycles. The lowest BCUT2D eigenvalue weighted by Crippen LogP contribution is -2.38. The lowest BCUT2D eigenvalue weighted by molar-refractivity contribution is 0.132. The third-order valence-electron chi connectivity index (χ3n) is 2.23. The van der Waals surface area contributed by atoms with E-state index in [9.17, 15) is 0 Å². The maximum absolute atomic E-state index is 4.34. The summed E-state index contributed by atoms with van der Waals surface area (Å²) in [6.45, 7) is 6.55. The summed E-state index contributed by atoms with van der Waals surface area (Å²) in [5, 5.41) is 6.48. The molecule has 1 aliphatic rings. The van der Waals surface area contributed by atoms with Crippen LogP contribution in [0.5, 0.6) is 0 Å². The Kier molecular flexibility index (Phi) is 4.03. The van der Waals surface area contributed by atoms with Crippen LogP contribution >= 0.6 is 16.1 Å². The van der Waals surface area contributed by atoms with Crippen LogP contribution in [0.3, 0.4) is 0 Å². The van der Waals surface area contributed by atoms with Gasteiger partial charge in [0.05, 0.1) is 16.1 Å². The molecule has 0 spiro atoms. The highest BCUT2D eigenvalue weighted by Gasteiger charge is 2.27. The van der Waals surface area contributed by atoms with Crippen molar-refractivity contribution in [2.75, 3.05) is 0 Å². The molecule has 13 heavy (non-hydrogen) atoms. The summed E-state index contributed by atoms with van der Waals surface area (Å²) in [6, 6.07) is 0.473. The second kappa shape index (κ2) is 4.84. The van der Waals surface area contributed by atoms with Crippen LogP contribution in [0.4, 0.5) is 0 Å². The SMILES string of the molecule is CCCCC1N(Br)C=NN1C(C)C. The maximum atomic E-state index is 4.34. The molecular weight excluding hydrogens is 230 g/mol. The monoisotopic (exact) mass is 247 g/mol. The largest absolute Gasteiger partial charge is 0.274 e. The van der Waals surface area contributed by atoms with E-state index in [1.54, 1.807) is 0 Å². The molecule has 0 fully saturated rings. The first-order valence-corrected chi connectivity index (χ1v) is 5.64. The Hall–Kier alpha value is -0.250. The number of rotatable bonds is 4. The average molecular weight is 248 g/mol. The Morgan fingerprint density at radius 3 is 2.77 bits per heavy atom. The maximum Gasteiger partial charge on any atom is 0.130 e. The summed E-state index contributed by atoms with van der Waals surface area (Å²) < 4.78 is 2.02. The van der Waals surface area contributed by atoms with Crippen molar-refractivity contribution >= 4 is 22.5 Å². The number of unbranched alkanes of at least 4 members (excludes halogenated alkanes) is 1. The molecule has 3 nitrogen and oxygen atoms in total. The van der Waals surface area contributed by atoms with Gasteiger partial charge in [0.1, 0.15) is 12.5 Å². The van der Waals surface area contributed by atoms with E-state index < -0.39 is 0 Å². The van der Waals surface area contributed by atoms with Crippen LogP contribution in [-0.4, -0.2) is 27.5 Å². The number of hydrogen-bond donors (Lipinski definition) is 0. The summed E-state index contributed by atoms with van der Waals surface area (Å²) >= 11 is 3.49. The lowest BCUT2D eigenvalue weighted by Gasteiger charge is -2.29. The Morgan fingerprint density at radius 1 is 1.54 bits per heavy atom. The van der Waals surface area contributed by atoms with Gasteiger partial charge < -0.3 is 0 Å². The van der Waals surface area contributed by atoms with Gasteiger partial charge >= 0.3 is 0 Å². The van der Waals surface area contributed by atoms with Crippen LogP contribution in [0, 0.1) is 0 Å². The molecule has 1 aliphatic heterocycles. The zero-order valence-corrected chi connectivity index (χ0v) is 10.2. The Labute approximate surface area is 89.1 Å². The van der Waals surface area contributed by atoms with Gasteiger partial charge in [0.25, 0.3) is 0 Å². The highest BCUT2D eigenvalue weighted by Crippen LogP contribution is 2.22. The molecule has 0 N–H and O–H groups in total. The van der Waals surface area contributed by atoms with Crippen molar-refractivity contribution in [2.45, 2.75) is 52.2 Å². The van der Waals surface area contributed by atoms with E-state index in [2.05, 4.69) is 47.0 Å². The van der Waals surface area contributed by atoms with Crippen LogP contribution in [0.2, 0.25) is 0 Å². The molecular formula is C9H18BrN3. The van der Waals surface area contributed by atoms with Crippen molar-refractivity contribution in [1.82, 2.24) is 8.93 Å². The predicted octanol–water partition coefficient (Wildman–Crippen LogP) is 2.78. The van der Waals surface area contributed by atoms with Crippen molar-refractivity contribution in [3.05, 3.63) is 0 Å². The Bertz CT molecular complexity index is 182. The van der Waals surface area contributed by atoms with Gasteiger partial charge in [0, 0.05) is 6.04 Å². The van der Waals surface area contributed by atoms with E-state index in [4.69, 9.17) is 0 Å². The van der Waals surface area contributed by atoms with Crippen molar-refractivity contribution in [3.63, 3.8) is 0 Å². The third kappa shape index (κ3) is 2.59. The first kappa shape index (κ1) is 10.8. The Morgan fingerprint density at radius 2 is 2.23 bits per heavy atom. The fourth-order valence-corrected chi connectivity index (χ4v) is 1.97. The van der Waals surface area contributed by atoms with E-state index in [-0.39, 0.29) is 0 Å². The average Bonchev–Trinajstić information content (AvgIpc) is 2.43. The van der Waals surface area contributed by atoms with Crippen molar-refractivity contribution in [1.29, 1.82) is 0 Å². The zero-order valence-electron chi connectivity index (χ0n) is 8.57. The molecule has 1 unspecified atom stereocenters. The highest BCUT2D eigenvalue weighted by atomic mass is 79.9. The van der Waals surface area contributed by atoms with E-state index in [0.717, 1.165) is 0 Å². The minimum Gasteiger partial charge on any atom is -0.274 e. The smallest absolute Gasteiger partial charge is 0.130 e. The molecule has 0 aliphatic carbocycles. The molecule has 1 rings (SSSR count). The van der Waals surface area contributed by atoms with Crippen molar-refractivity contribution < 1.29 is 0 Å². The summed E-state index contributed by atoms with van der Waals surface area (Å²) in [5.74, 6) is 0. The Balaban J connectivity index is 2.49. The molecule has 0 aromatic rings. The van der Waals surface area contributed by atoms with Crippen molar-refractivity contribution in [3.8, 4) is 0 Å². The van der Waals surface area contributed by atoms with Crippen LogP contribution in [0.1, 0.15) is 40.0 Å². The van der Waals surface area contributed by atoms with Gasteiger partial charge in [-0.15, -0.1) is 0 Å². The fourth-order valence-electron chi connectivity index (χ4n) is 1.50. The van der Waals surface area contributed by atoms with E-state index in [1.807, 2.05) is 10.3 Å². The second-order valence-electron chi connectivity index (χ2n) is 3.67. The molecule has 0 bridgehead atoms. The van der Waals surface area contributed by atoms with Crippen LogP contribution in [0.15, 0.2) is 5.10 Å². The zero-order chi connectivity index (χ0) is 9.84. The minimum atomic E-state index is 0.403. The number of nitrogens with zero attached hydrogens (tertiary/aromatic N) is 3. The molecule has 76 valence electrons. The first-order chi connectivity index (χ1) is 6.16. The fraction of sp³-hybridized carbons (Fsp3) is 0.889. The molecule has 0 aromatic carbocycles. The first-order valence-electron chi connectivity index (χ1n) is 4.93. The minimum absolute atomic E-state index is 0.403. The van der Waals surface area contributed by atoms with E-state index in [0.29, 0.717) is 12.2 Å². The molecule has 0 amide bonds. The standard InChI is InChI=1S/C9H18BrN3/c1-4-5-6-9-12(10)7-11-13(9)8(2)3/h7-9H,4-6H2,1-3H3. The van der Waals surface area contributed by atoms with Crippen LogP contribution in [-0.2, 0) is 0 Å². The molecule has 0 aromatic heterocycles. The molecule has 4 heteroatoms.